The first-order valence-electron chi connectivity index (χ1n) is 13.0. The van der Waals surface area contributed by atoms with Crippen LogP contribution in [0.15, 0.2) is 66.7 Å². The van der Waals surface area contributed by atoms with Gasteiger partial charge in [0.05, 0.1) is 25.3 Å². The molecule has 5 nitrogen and oxygen atoms in total. The number of amides is 1. The molecule has 0 aromatic heterocycles. The molecule has 7 rings (SSSR count). The fourth-order valence-corrected chi connectivity index (χ4v) is 6.68. The van der Waals surface area contributed by atoms with E-state index in [1.165, 1.54) is 33.4 Å². The van der Waals surface area contributed by atoms with Gasteiger partial charge in [-0.2, -0.15) is 0 Å². The Morgan fingerprint density at radius 2 is 1.47 bits per heavy atom. The van der Waals surface area contributed by atoms with Crippen LogP contribution in [-0.2, 0) is 22.3 Å². The molecule has 182 valence electrons. The third-order valence-electron chi connectivity index (χ3n) is 8.59. The van der Waals surface area contributed by atoms with Gasteiger partial charge in [-0.05, 0) is 65.1 Å². The SMILES string of the molecule is O=C(c1ccc2c(c1)CC2)C1CC2COCC(C1)N2C(=O)OCC1c2ccccc2-c2ccccc21. The molecule has 0 saturated carbocycles. The maximum Gasteiger partial charge on any atom is 0.410 e. The third kappa shape index (κ3) is 3.48. The lowest BCUT2D eigenvalue weighted by Gasteiger charge is -2.47. The van der Waals surface area contributed by atoms with E-state index in [2.05, 4.69) is 48.5 Å². The quantitative estimate of drug-likeness (QED) is 0.471. The largest absolute Gasteiger partial charge is 0.448 e. The van der Waals surface area contributed by atoms with Gasteiger partial charge < -0.3 is 9.47 Å². The van der Waals surface area contributed by atoms with Gasteiger partial charge in [0.15, 0.2) is 5.78 Å². The number of Topliss-reactive ketones (excluding diaryl/α,β-unsaturated/α-hetero) is 1. The Balaban J connectivity index is 1.06. The number of rotatable bonds is 4. The molecule has 4 aliphatic rings. The summed E-state index contributed by atoms with van der Waals surface area (Å²) >= 11 is 0. The van der Waals surface area contributed by atoms with Gasteiger partial charge in [-0.3, -0.25) is 9.69 Å². The number of hydrogen-bond donors (Lipinski definition) is 0. The molecule has 3 aromatic carbocycles. The van der Waals surface area contributed by atoms with E-state index < -0.39 is 0 Å². The molecule has 3 aromatic rings. The van der Waals surface area contributed by atoms with Crippen molar-refractivity contribution in [2.24, 2.45) is 5.92 Å². The van der Waals surface area contributed by atoms with Gasteiger partial charge in [-0.25, -0.2) is 4.79 Å². The van der Waals surface area contributed by atoms with Gasteiger partial charge in [0, 0.05) is 17.4 Å². The molecule has 2 fully saturated rings. The highest BCUT2D eigenvalue weighted by molar-refractivity contribution is 5.98. The van der Waals surface area contributed by atoms with E-state index in [9.17, 15) is 9.59 Å². The molecular formula is C31H29NO4. The smallest absolute Gasteiger partial charge is 0.410 e. The number of ether oxygens (including phenoxy) is 2. The fourth-order valence-electron chi connectivity index (χ4n) is 6.68. The number of ketones is 1. The Morgan fingerprint density at radius 1 is 0.833 bits per heavy atom. The van der Waals surface area contributed by atoms with E-state index in [1.807, 2.05) is 23.1 Å². The van der Waals surface area contributed by atoms with Crippen LogP contribution in [0.25, 0.3) is 11.1 Å². The van der Waals surface area contributed by atoms with E-state index >= 15 is 0 Å². The first kappa shape index (κ1) is 21.8. The Bertz CT molecular complexity index is 1300. The fraction of sp³-hybridized carbons (Fsp3) is 0.355. The molecule has 2 heterocycles. The molecule has 2 atom stereocenters. The second-order valence-electron chi connectivity index (χ2n) is 10.6. The number of aryl methyl sites for hydroxylation is 2. The van der Waals surface area contributed by atoms with Crippen molar-refractivity contribution in [2.45, 2.75) is 43.7 Å². The maximum absolute atomic E-state index is 13.4. The lowest BCUT2D eigenvalue weighted by molar-refractivity contribution is -0.0747. The lowest BCUT2D eigenvalue weighted by Crippen LogP contribution is -2.60. The monoisotopic (exact) mass is 479 g/mol. The molecule has 2 bridgehead atoms. The Labute approximate surface area is 211 Å². The molecule has 0 spiro atoms. The predicted molar refractivity (Wildman–Crippen MR) is 136 cm³/mol. The molecule has 0 N–H and O–H groups in total. The van der Waals surface area contributed by atoms with Crippen LogP contribution < -0.4 is 0 Å². The molecule has 2 aliphatic carbocycles. The summed E-state index contributed by atoms with van der Waals surface area (Å²) in [6, 6.07) is 22.6. The van der Waals surface area contributed by atoms with Crippen molar-refractivity contribution in [3.05, 3.63) is 94.5 Å². The van der Waals surface area contributed by atoms with Crippen molar-refractivity contribution in [3.8, 4) is 11.1 Å². The van der Waals surface area contributed by atoms with Gasteiger partial charge >= 0.3 is 6.09 Å². The number of piperidine rings is 1. The van der Waals surface area contributed by atoms with Gasteiger partial charge in [-0.15, -0.1) is 0 Å². The van der Waals surface area contributed by atoms with Gasteiger partial charge in [0.25, 0.3) is 0 Å². The van der Waals surface area contributed by atoms with E-state index in [-0.39, 0.29) is 35.8 Å². The number of benzene rings is 3. The van der Waals surface area contributed by atoms with Crippen molar-refractivity contribution in [2.75, 3.05) is 19.8 Å². The van der Waals surface area contributed by atoms with Gasteiger partial charge in [0.2, 0.25) is 0 Å². The van der Waals surface area contributed by atoms with Crippen LogP contribution in [0.5, 0.6) is 0 Å². The first-order chi connectivity index (χ1) is 17.7. The number of morpholine rings is 1. The molecular weight excluding hydrogens is 450 g/mol. The highest BCUT2D eigenvalue weighted by Crippen LogP contribution is 2.45. The zero-order valence-electron chi connectivity index (χ0n) is 20.2. The molecule has 2 unspecified atom stereocenters. The molecule has 5 heteroatoms. The third-order valence-corrected chi connectivity index (χ3v) is 8.59. The Kier molecular flexibility index (Phi) is 5.21. The summed E-state index contributed by atoms with van der Waals surface area (Å²) in [7, 11) is 0. The minimum atomic E-state index is -0.290. The second-order valence-corrected chi connectivity index (χ2v) is 10.6. The average Bonchev–Trinajstić information content (AvgIpc) is 3.20. The zero-order chi connectivity index (χ0) is 24.2. The normalized spacial score (nSPS) is 23.8. The summed E-state index contributed by atoms with van der Waals surface area (Å²) in [5, 5.41) is 0. The second kappa shape index (κ2) is 8.59. The lowest BCUT2D eigenvalue weighted by atomic mass is 9.79. The van der Waals surface area contributed by atoms with Gasteiger partial charge in [-0.1, -0.05) is 60.7 Å². The van der Waals surface area contributed by atoms with Crippen molar-refractivity contribution in [1.29, 1.82) is 0 Å². The maximum atomic E-state index is 13.4. The van der Waals surface area contributed by atoms with Crippen LogP contribution in [0.4, 0.5) is 4.79 Å². The number of hydrogen-bond acceptors (Lipinski definition) is 4. The van der Waals surface area contributed by atoms with Crippen LogP contribution in [0.1, 0.15) is 51.4 Å². The van der Waals surface area contributed by atoms with Crippen LogP contribution in [-0.4, -0.2) is 48.7 Å². The van der Waals surface area contributed by atoms with Crippen molar-refractivity contribution >= 4 is 11.9 Å². The van der Waals surface area contributed by atoms with Gasteiger partial charge in [0.1, 0.15) is 6.61 Å². The van der Waals surface area contributed by atoms with Crippen molar-refractivity contribution < 1.29 is 19.1 Å². The van der Waals surface area contributed by atoms with E-state index in [1.54, 1.807) is 0 Å². The number of carbonyl (C=O) groups is 2. The van der Waals surface area contributed by atoms with Crippen LogP contribution in [0, 0.1) is 5.92 Å². The summed E-state index contributed by atoms with van der Waals surface area (Å²) in [5.41, 5.74) is 8.33. The standard InChI is InChI=1S/C31H29NO4/c33-30(21-12-10-19-9-11-20(19)13-21)22-14-23-16-35-17-24(15-22)32(23)31(34)36-18-29-27-7-3-1-5-25(27)26-6-2-4-8-28(26)29/h1-8,10,12-13,22-24,29H,9,11,14-18H2. The summed E-state index contributed by atoms with van der Waals surface area (Å²) < 4.78 is 11.8. The summed E-state index contributed by atoms with van der Waals surface area (Å²) in [5.74, 6) is 0.153. The highest BCUT2D eigenvalue weighted by Gasteiger charge is 2.45. The Hall–Kier alpha value is -3.44. The summed E-state index contributed by atoms with van der Waals surface area (Å²) in [6.07, 6.45) is 3.13. The summed E-state index contributed by atoms with van der Waals surface area (Å²) in [4.78, 5) is 28.6. The molecule has 1 amide bonds. The number of nitrogens with zero attached hydrogens (tertiary/aromatic N) is 1. The van der Waals surface area contributed by atoms with Crippen molar-refractivity contribution in [1.82, 2.24) is 4.90 Å². The topological polar surface area (TPSA) is 55.8 Å². The molecule has 2 aliphatic heterocycles. The van der Waals surface area contributed by atoms with Crippen LogP contribution in [0.2, 0.25) is 0 Å². The Morgan fingerprint density at radius 3 is 2.08 bits per heavy atom. The number of fused-ring (bicyclic) bond motifs is 6. The summed E-state index contributed by atoms with van der Waals surface area (Å²) in [6.45, 7) is 1.21. The van der Waals surface area contributed by atoms with E-state index in [0.29, 0.717) is 32.7 Å². The molecule has 2 saturated heterocycles. The average molecular weight is 480 g/mol. The molecule has 0 radical (unpaired) electrons. The van der Waals surface area contributed by atoms with Crippen LogP contribution in [0.3, 0.4) is 0 Å². The van der Waals surface area contributed by atoms with E-state index in [4.69, 9.17) is 9.47 Å². The van der Waals surface area contributed by atoms with E-state index in [0.717, 1.165) is 18.4 Å². The zero-order valence-corrected chi connectivity index (χ0v) is 20.2. The predicted octanol–water partition coefficient (Wildman–Crippen LogP) is 5.40. The number of carbonyl (C=O) groups excluding carboxylic acids is 2. The van der Waals surface area contributed by atoms with Crippen LogP contribution >= 0.6 is 0 Å². The first-order valence-corrected chi connectivity index (χ1v) is 13.0. The minimum absolute atomic E-state index is 0.0345. The molecule has 36 heavy (non-hydrogen) atoms. The van der Waals surface area contributed by atoms with Crippen molar-refractivity contribution in [3.63, 3.8) is 0 Å². The highest BCUT2D eigenvalue weighted by atomic mass is 16.6. The minimum Gasteiger partial charge on any atom is -0.448 e.